The number of benzene rings is 2. The van der Waals surface area contributed by atoms with Gasteiger partial charge in [-0.1, -0.05) is 30.0 Å². The number of carbonyl (C=O) groups is 2. The van der Waals surface area contributed by atoms with Crippen LogP contribution in [0, 0.1) is 13.8 Å². The second-order valence-corrected chi connectivity index (χ2v) is 10.3. The Labute approximate surface area is 199 Å². The van der Waals surface area contributed by atoms with Gasteiger partial charge in [-0.25, -0.2) is 9.97 Å². The summed E-state index contributed by atoms with van der Waals surface area (Å²) in [6, 6.07) is 14.8. The number of aromatic nitrogens is 2. The molecule has 2 aromatic heterocycles. The molecule has 1 fully saturated rings. The minimum atomic E-state index is -0.235. The summed E-state index contributed by atoms with van der Waals surface area (Å²) < 4.78 is 0. The van der Waals surface area contributed by atoms with Gasteiger partial charge in [-0.2, -0.15) is 0 Å². The second-order valence-electron chi connectivity index (χ2n) is 8.02. The lowest BCUT2D eigenvalue weighted by molar-refractivity contribution is 0.0949. The summed E-state index contributed by atoms with van der Waals surface area (Å²) in [7, 11) is 0. The first-order chi connectivity index (χ1) is 16.0. The number of hydrogen-bond acceptors (Lipinski definition) is 6. The Balaban J connectivity index is 1.39. The first-order valence-electron chi connectivity index (χ1n) is 10.7. The van der Waals surface area contributed by atoms with Crippen LogP contribution in [0.15, 0.2) is 64.8 Å². The van der Waals surface area contributed by atoms with Gasteiger partial charge in [-0.3, -0.25) is 9.59 Å². The van der Waals surface area contributed by atoms with E-state index in [9.17, 15) is 9.59 Å². The second kappa shape index (κ2) is 8.96. The molecule has 1 saturated carbocycles. The molecular formula is C25H22N4O2S2. The van der Waals surface area contributed by atoms with Gasteiger partial charge in [0.05, 0.1) is 5.56 Å². The first-order valence-corrected chi connectivity index (χ1v) is 12.3. The lowest BCUT2D eigenvalue weighted by atomic mass is 10.1. The number of nitrogens with one attached hydrogen (secondary N) is 2. The van der Waals surface area contributed by atoms with Crippen LogP contribution in [0.2, 0.25) is 0 Å². The minimum absolute atomic E-state index is 0.112. The largest absolute Gasteiger partial charge is 0.349 e. The number of rotatable bonds is 6. The Kier molecular flexibility index (Phi) is 5.86. The standard InChI is InChI=1S/C25H22N4O2S2/c1-14-15(2)32-24-21(14)25(27-13-26-24)33-20-9-4-3-8-19(20)23(31)29-18-7-5-6-16(12-18)22(30)28-17-10-11-17/h3-9,12-13,17H,10-11H2,1-2H3,(H,28,30)(H,29,31). The van der Waals surface area contributed by atoms with Crippen LogP contribution >= 0.6 is 23.1 Å². The lowest BCUT2D eigenvalue weighted by Crippen LogP contribution is -2.25. The molecule has 2 heterocycles. The molecule has 166 valence electrons. The molecule has 4 aromatic rings. The Morgan fingerprint density at radius 3 is 2.67 bits per heavy atom. The zero-order chi connectivity index (χ0) is 22.9. The summed E-state index contributed by atoms with van der Waals surface area (Å²) in [4.78, 5) is 37.4. The van der Waals surface area contributed by atoms with Gasteiger partial charge in [0, 0.05) is 32.5 Å². The molecule has 2 amide bonds. The van der Waals surface area contributed by atoms with Crippen LogP contribution in [-0.4, -0.2) is 27.8 Å². The highest BCUT2D eigenvalue weighted by Crippen LogP contribution is 2.38. The van der Waals surface area contributed by atoms with Gasteiger partial charge in [0.2, 0.25) is 0 Å². The molecule has 5 rings (SSSR count). The quantitative estimate of drug-likeness (QED) is 0.355. The molecule has 0 saturated heterocycles. The van der Waals surface area contributed by atoms with Crippen LogP contribution in [0.25, 0.3) is 10.2 Å². The van der Waals surface area contributed by atoms with Crippen LogP contribution < -0.4 is 10.6 Å². The number of amides is 2. The third kappa shape index (κ3) is 4.62. The molecule has 1 aliphatic carbocycles. The molecule has 6 nitrogen and oxygen atoms in total. The number of nitrogens with zero attached hydrogens (tertiary/aromatic N) is 2. The van der Waals surface area contributed by atoms with Crippen LogP contribution in [0.3, 0.4) is 0 Å². The summed E-state index contributed by atoms with van der Waals surface area (Å²) in [5, 5.41) is 7.78. The van der Waals surface area contributed by atoms with E-state index in [0.717, 1.165) is 33.0 Å². The fraction of sp³-hybridized carbons (Fsp3) is 0.200. The summed E-state index contributed by atoms with van der Waals surface area (Å²) in [6.07, 6.45) is 3.63. The van der Waals surface area contributed by atoms with E-state index in [1.165, 1.54) is 22.2 Å². The minimum Gasteiger partial charge on any atom is -0.349 e. The van der Waals surface area contributed by atoms with Gasteiger partial charge in [-0.05, 0) is 62.6 Å². The van der Waals surface area contributed by atoms with E-state index in [0.29, 0.717) is 16.8 Å². The monoisotopic (exact) mass is 474 g/mol. The van der Waals surface area contributed by atoms with E-state index < -0.39 is 0 Å². The third-order valence-electron chi connectivity index (χ3n) is 5.56. The third-order valence-corrected chi connectivity index (χ3v) is 7.76. The van der Waals surface area contributed by atoms with E-state index >= 15 is 0 Å². The van der Waals surface area contributed by atoms with E-state index in [1.807, 2.05) is 18.2 Å². The summed E-state index contributed by atoms with van der Waals surface area (Å²) >= 11 is 3.11. The van der Waals surface area contributed by atoms with E-state index in [-0.39, 0.29) is 17.9 Å². The predicted molar refractivity (Wildman–Crippen MR) is 132 cm³/mol. The maximum Gasteiger partial charge on any atom is 0.256 e. The van der Waals surface area contributed by atoms with Gasteiger partial charge < -0.3 is 10.6 Å². The van der Waals surface area contributed by atoms with Crippen molar-refractivity contribution in [2.24, 2.45) is 0 Å². The van der Waals surface area contributed by atoms with E-state index in [4.69, 9.17) is 0 Å². The molecule has 2 aromatic carbocycles. The molecule has 0 unspecified atom stereocenters. The highest BCUT2D eigenvalue weighted by atomic mass is 32.2. The van der Waals surface area contributed by atoms with Crippen molar-refractivity contribution in [3.05, 3.63) is 76.4 Å². The molecule has 1 aliphatic rings. The van der Waals surface area contributed by atoms with Crippen LogP contribution in [-0.2, 0) is 0 Å². The number of anilines is 1. The highest BCUT2D eigenvalue weighted by Gasteiger charge is 2.24. The lowest BCUT2D eigenvalue weighted by Gasteiger charge is -2.11. The van der Waals surface area contributed by atoms with Crippen molar-refractivity contribution in [2.75, 3.05) is 5.32 Å². The Morgan fingerprint density at radius 2 is 1.85 bits per heavy atom. The van der Waals surface area contributed by atoms with Gasteiger partial charge in [0.25, 0.3) is 11.8 Å². The smallest absolute Gasteiger partial charge is 0.256 e. The molecule has 0 radical (unpaired) electrons. The predicted octanol–water partition coefficient (Wildman–Crippen LogP) is 5.60. The zero-order valence-corrected chi connectivity index (χ0v) is 19.8. The fourth-order valence-electron chi connectivity index (χ4n) is 3.51. The molecule has 0 bridgehead atoms. The van der Waals surface area contributed by atoms with Crippen LogP contribution in [0.1, 0.15) is 44.0 Å². The number of thiophene rings is 1. The maximum atomic E-state index is 13.2. The number of aryl methyl sites for hydroxylation is 2. The zero-order valence-electron chi connectivity index (χ0n) is 18.2. The van der Waals surface area contributed by atoms with Gasteiger partial charge in [0.1, 0.15) is 16.2 Å². The molecule has 2 N–H and O–H groups in total. The molecule has 0 spiro atoms. The van der Waals surface area contributed by atoms with E-state index in [2.05, 4.69) is 34.4 Å². The van der Waals surface area contributed by atoms with Crippen molar-refractivity contribution >= 4 is 50.8 Å². The van der Waals surface area contributed by atoms with Crippen LogP contribution in [0.4, 0.5) is 5.69 Å². The summed E-state index contributed by atoms with van der Waals surface area (Å²) in [5.74, 6) is -0.347. The van der Waals surface area contributed by atoms with Crippen molar-refractivity contribution in [3.63, 3.8) is 0 Å². The number of fused-ring (bicyclic) bond motifs is 1. The van der Waals surface area contributed by atoms with Gasteiger partial charge >= 0.3 is 0 Å². The number of carbonyl (C=O) groups excluding carboxylic acids is 2. The molecule has 33 heavy (non-hydrogen) atoms. The topological polar surface area (TPSA) is 84.0 Å². The summed E-state index contributed by atoms with van der Waals surface area (Å²) in [5.41, 5.74) is 2.83. The molecule has 0 aliphatic heterocycles. The normalized spacial score (nSPS) is 13.2. The van der Waals surface area contributed by atoms with Crippen molar-refractivity contribution in [2.45, 2.75) is 42.7 Å². The van der Waals surface area contributed by atoms with Crippen molar-refractivity contribution in [1.82, 2.24) is 15.3 Å². The highest BCUT2D eigenvalue weighted by molar-refractivity contribution is 7.99. The Morgan fingerprint density at radius 1 is 1.03 bits per heavy atom. The first kappa shape index (κ1) is 21.6. The van der Waals surface area contributed by atoms with Crippen molar-refractivity contribution in [3.8, 4) is 0 Å². The molecule has 8 heteroatoms. The molecular weight excluding hydrogens is 452 g/mol. The van der Waals surface area contributed by atoms with Crippen molar-refractivity contribution < 1.29 is 9.59 Å². The Hall–Kier alpha value is -3.23. The summed E-state index contributed by atoms with van der Waals surface area (Å²) in [6.45, 7) is 4.16. The van der Waals surface area contributed by atoms with Crippen molar-refractivity contribution in [1.29, 1.82) is 0 Å². The fourth-order valence-corrected chi connectivity index (χ4v) is 5.65. The van der Waals surface area contributed by atoms with E-state index in [1.54, 1.807) is 48.0 Å². The van der Waals surface area contributed by atoms with Gasteiger partial charge in [-0.15, -0.1) is 11.3 Å². The molecule has 0 atom stereocenters. The van der Waals surface area contributed by atoms with Crippen LogP contribution in [0.5, 0.6) is 0 Å². The Bertz CT molecular complexity index is 1380. The average molecular weight is 475 g/mol. The average Bonchev–Trinajstić information content (AvgIpc) is 3.58. The number of hydrogen-bond donors (Lipinski definition) is 2. The maximum absolute atomic E-state index is 13.2. The SMILES string of the molecule is Cc1sc2ncnc(Sc3ccccc3C(=O)Nc3cccc(C(=O)NC4CC4)c3)c2c1C. The van der Waals surface area contributed by atoms with Gasteiger partial charge in [0.15, 0.2) is 0 Å².